The molecule has 3 amide bonds. The zero-order valence-electron chi connectivity index (χ0n) is 16.3. The van der Waals surface area contributed by atoms with E-state index in [2.05, 4.69) is 27.9 Å². The molecule has 2 N–H and O–H groups in total. The summed E-state index contributed by atoms with van der Waals surface area (Å²) in [6.07, 6.45) is 1.59. The minimum atomic E-state index is -0.983. The molecule has 156 valence electrons. The van der Waals surface area contributed by atoms with Crippen molar-refractivity contribution in [2.45, 2.75) is 13.5 Å². The smallest absolute Gasteiger partial charge is 0.335 e. The number of halogens is 1. The second-order valence-electron chi connectivity index (χ2n) is 6.41. The Morgan fingerprint density at radius 3 is 2.47 bits per heavy atom. The highest BCUT2D eigenvalue weighted by atomic mass is 127. The van der Waals surface area contributed by atoms with E-state index in [9.17, 15) is 14.4 Å². The van der Waals surface area contributed by atoms with E-state index >= 15 is 0 Å². The van der Waals surface area contributed by atoms with E-state index in [0.717, 1.165) is 14.0 Å². The molecule has 0 aromatic heterocycles. The van der Waals surface area contributed by atoms with Crippen LogP contribution >= 0.6 is 22.6 Å². The van der Waals surface area contributed by atoms with Gasteiger partial charge in [-0.25, -0.2) is 9.59 Å². The number of carboxylic acids is 1. The number of carbonyl (C=O) groups is 3. The normalized spacial score (nSPS) is 14.8. The third-order valence-electron chi connectivity index (χ3n) is 4.31. The molecule has 1 heterocycles. The number of urea groups is 1. The molecule has 0 saturated carbocycles. The number of aromatic carboxylic acids is 1. The molecule has 30 heavy (non-hydrogen) atoms. The quantitative estimate of drug-likeness (QED) is 0.328. The standard InChI is InChI=1S/C21H19IN2O6/c1-3-29-17-10-13(9-16-19(25)24(2)21(28)23-16)8-15(22)18(17)30-11-12-4-6-14(7-5-12)20(26)27/h4-10H,3,11H2,1-2H3,(H,23,28)(H,26,27)/b16-9+. The fourth-order valence-electron chi connectivity index (χ4n) is 2.76. The highest BCUT2D eigenvalue weighted by Crippen LogP contribution is 2.35. The summed E-state index contributed by atoms with van der Waals surface area (Å²) in [5.41, 5.74) is 1.89. The Morgan fingerprint density at radius 2 is 1.90 bits per heavy atom. The molecule has 8 nitrogen and oxygen atoms in total. The van der Waals surface area contributed by atoms with Crippen molar-refractivity contribution in [3.05, 3.63) is 62.4 Å². The first-order chi connectivity index (χ1) is 14.3. The number of carboxylic acid groups (broad SMARTS) is 1. The van der Waals surface area contributed by atoms with E-state index in [1.165, 1.54) is 19.2 Å². The molecule has 1 aliphatic heterocycles. The Balaban J connectivity index is 1.84. The van der Waals surface area contributed by atoms with Crippen molar-refractivity contribution in [1.82, 2.24) is 10.2 Å². The van der Waals surface area contributed by atoms with Gasteiger partial charge in [0.1, 0.15) is 12.3 Å². The van der Waals surface area contributed by atoms with Gasteiger partial charge in [0.05, 0.1) is 15.7 Å². The lowest BCUT2D eigenvalue weighted by atomic mass is 10.1. The third kappa shape index (κ3) is 4.73. The van der Waals surface area contributed by atoms with Crippen LogP contribution < -0.4 is 14.8 Å². The van der Waals surface area contributed by atoms with Crippen molar-refractivity contribution in [2.24, 2.45) is 0 Å². The molecule has 1 aliphatic rings. The van der Waals surface area contributed by atoms with Crippen LogP contribution in [0.4, 0.5) is 4.79 Å². The van der Waals surface area contributed by atoms with Gasteiger partial charge in [-0.2, -0.15) is 0 Å². The molecular weight excluding hydrogens is 503 g/mol. The Morgan fingerprint density at radius 1 is 1.20 bits per heavy atom. The second kappa shape index (κ2) is 9.16. The number of carbonyl (C=O) groups excluding carboxylic acids is 2. The molecule has 0 bridgehead atoms. The van der Waals surface area contributed by atoms with Gasteiger partial charge in [-0.3, -0.25) is 9.69 Å². The van der Waals surface area contributed by atoms with Crippen LogP contribution in [0.1, 0.15) is 28.4 Å². The van der Waals surface area contributed by atoms with Gasteiger partial charge in [0.25, 0.3) is 5.91 Å². The van der Waals surface area contributed by atoms with Gasteiger partial charge >= 0.3 is 12.0 Å². The third-order valence-corrected chi connectivity index (χ3v) is 5.11. The first-order valence-electron chi connectivity index (χ1n) is 9.02. The average molecular weight is 522 g/mol. The van der Waals surface area contributed by atoms with E-state index in [0.29, 0.717) is 23.7 Å². The summed E-state index contributed by atoms with van der Waals surface area (Å²) in [5.74, 6) is -0.342. The minimum absolute atomic E-state index is 0.188. The Kier molecular flexibility index (Phi) is 6.60. The number of hydrogen-bond donors (Lipinski definition) is 2. The molecule has 0 unspecified atom stereocenters. The molecule has 2 aromatic rings. The SMILES string of the molecule is CCOc1cc(/C=C2/NC(=O)N(C)C2=O)cc(I)c1OCc1ccc(C(=O)O)cc1. The van der Waals surface area contributed by atoms with E-state index in [1.807, 2.05) is 13.0 Å². The van der Waals surface area contributed by atoms with Crippen LogP contribution in [0, 0.1) is 3.57 Å². The topological polar surface area (TPSA) is 105 Å². The summed E-state index contributed by atoms with van der Waals surface area (Å²) >= 11 is 2.11. The summed E-state index contributed by atoms with van der Waals surface area (Å²) in [5, 5.41) is 11.5. The molecule has 0 aliphatic carbocycles. The van der Waals surface area contributed by atoms with E-state index in [-0.39, 0.29) is 17.9 Å². The highest BCUT2D eigenvalue weighted by Gasteiger charge is 2.30. The second-order valence-corrected chi connectivity index (χ2v) is 7.57. The maximum atomic E-state index is 12.1. The van der Waals surface area contributed by atoms with Crippen molar-refractivity contribution in [3.8, 4) is 11.5 Å². The summed E-state index contributed by atoms with van der Waals surface area (Å²) in [6.45, 7) is 2.50. The molecule has 0 atom stereocenters. The predicted molar refractivity (Wildman–Crippen MR) is 117 cm³/mol. The molecule has 1 saturated heterocycles. The van der Waals surface area contributed by atoms with E-state index in [1.54, 1.807) is 24.3 Å². The highest BCUT2D eigenvalue weighted by molar-refractivity contribution is 14.1. The maximum Gasteiger partial charge on any atom is 0.335 e. The van der Waals surface area contributed by atoms with Crippen molar-refractivity contribution in [2.75, 3.05) is 13.7 Å². The van der Waals surface area contributed by atoms with Crippen LogP contribution in [0.3, 0.4) is 0 Å². The van der Waals surface area contributed by atoms with Crippen molar-refractivity contribution < 1.29 is 29.0 Å². The number of likely N-dealkylation sites (N-methyl/N-ethyl adjacent to an activating group) is 1. The van der Waals surface area contributed by atoms with Gasteiger partial charge in [0.15, 0.2) is 11.5 Å². The van der Waals surface area contributed by atoms with Crippen LogP contribution in [0.5, 0.6) is 11.5 Å². The number of nitrogens with one attached hydrogen (secondary N) is 1. The van der Waals surface area contributed by atoms with Gasteiger partial charge < -0.3 is 19.9 Å². The van der Waals surface area contributed by atoms with Crippen molar-refractivity contribution in [1.29, 1.82) is 0 Å². The average Bonchev–Trinajstić information content (AvgIpc) is 2.94. The monoisotopic (exact) mass is 522 g/mol. The van der Waals surface area contributed by atoms with Crippen molar-refractivity contribution in [3.63, 3.8) is 0 Å². The van der Waals surface area contributed by atoms with E-state index < -0.39 is 17.9 Å². The van der Waals surface area contributed by atoms with Crippen LogP contribution in [0.2, 0.25) is 0 Å². The molecule has 0 spiro atoms. The number of imide groups is 1. The largest absolute Gasteiger partial charge is 0.490 e. The lowest BCUT2D eigenvalue weighted by Crippen LogP contribution is -2.25. The molecule has 2 aromatic carbocycles. The minimum Gasteiger partial charge on any atom is -0.490 e. The summed E-state index contributed by atoms with van der Waals surface area (Å²) in [6, 6.07) is 9.51. The zero-order valence-corrected chi connectivity index (χ0v) is 18.4. The number of ether oxygens (including phenoxy) is 2. The van der Waals surface area contributed by atoms with Gasteiger partial charge in [-0.1, -0.05) is 12.1 Å². The molecule has 9 heteroatoms. The number of benzene rings is 2. The lowest BCUT2D eigenvalue weighted by Gasteiger charge is -2.15. The summed E-state index contributed by atoms with van der Waals surface area (Å²) in [4.78, 5) is 35.7. The zero-order chi connectivity index (χ0) is 21.8. The first kappa shape index (κ1) is 21.6. The summed E-state index contributed by atoms with van der Waals surface area (Å²) in [7, 11) is 1.41. The van der Waals surface area contributed by atoms with Crippen LogP contribution in [0.15, 0.2) is 42.1 Å². The van der Waals surface area contributed by atoms with Crippen molar-refractivity contribution >= 4 is 46.6 Å². The maximum absolute atomic E-state index is 12.1. The van der Waals surface area contributed by atoms with E-state index in [4.69, 9.17) is 14.6 Å². The van der Waals surface area contributed by atoms with Crippen LogP contribution in [-0.2, 0) is 11.4 Å². The molecular formula is C21H19IN2O6. The molecule has 0 radical (unpaired) electrons. The fraction of sp³-hybridized carbons (Fsp3) is 0.190. The number of hydrogen-bond acceptors (Lipinski definition) is 5. The predicted octanol–water partition coefficient (Wildman–Crippen LogP) is 3.49. The number of rotatable bonds is 7. The van der Waals surface area contributed by atoms with Gasteiger partial charge in [0.2, 0.25) is 0 Å². The van der Waals surface area contributed by atoms with Crippen LogP contribution in [-0.4, -0.2) is 41.6 Å². The van der Waals surface area contributed by atoms with Gasteiger partial charge in [-0.15, -0.1) is 0 Å². The molecule has 3 rings (SSSR count). The number of amides is 3. The fourth-order valence-corrected chi connectivity index (χ4v) is 3.54. The Bertz CT molecular complexity index is 1030. The van der Waals surface area contributed by atoms with Gasteiger partial charge in [-0.05, 0) is 71.0 Å². The Labute approximate surface area is 186 Å². The van der Waals surface area contributed by atoms with Gasteiger partial charge in [0, 0.05) is 7.05 Å². The molecule has 1 fully saturated rings. The summed E-state index contributed by atoms with van der Waals surface area (Å²) < 4.78 is 12.4. The number of nitrogens with zero attached hydrogens (tertiary/aromatic N) is 1. The first-order valence-corrected chi connectivity index (χ1v) is 10.1. The van der Waals surface area contributed by atoms with Crippen LogP contribution in [0.25, 0.3) is 6.08 Å². The lowest BCUT2D eigenvalue weighted by molar-refractivity contribution is -0.121. The Hall–Kier alpha value is -3.08.